The van der Waals surface area contributed by atoms with Gasteiger partial charge in [0.25, 0.3) is 0 Å². The van der Waals surface area contributed by atoms with Gasteiger partial charge in [0.05, 0.1) is 11.8 Å². The number of hydrogen-bond donors (Lipinski definition) is 2. The van der Waals surface area contributed by atoms with E-state index in [9.17, 15) is 10.3 Å². The normalized spacial score (nSPS) is 51.4. The molecule has 0 spiro atoms. The minimum Gasteiger partial charge on any atom is -0.411 e. The van der Waals surface area contributed by atoms with E-state index in [0.29, 0.717) is 16.7 Å². The van der Waals surface area contributed by atoms with E-state index >= 15 is 0 Å². The van der Waals surface area contributed by atoms with Crippen LogP contribution in [0.3, 0.4) is 0 Å². The van der Waals surface area contributed by atoms with Crippen LogP contribution in [-0.4, -0.2) is 22.1 Å². The molecule has 4 aliphatic carbocycles. The molecular formula is C21H33NO2. The Bertz CT molecular complexity index is 582. The number of hydrogen-bond acceptors (Lipinski definition) is 3. The van der Waals surface area contributed by atoms with E-state index < -0.39 is 0 Å². The summed E-state index contributed by atoms with van der Waals surface area (Å²) in [6.07, 6.45) is 11.7. The fourth-order valence-electron chi connectivity index (χ4n) is 7.40. The van der Waals surface area contributed by atoms with E-state index in [2.05, 4.69) is 25.1 Å². The molecule has 0 aromatic rings. The molecule has 3 fully saturated rings. The van der Waals surface area contributed by atoms with Gasteiger partial charge in [-0.2, -0.15) is 0 Å². The number of oxime groups is 1. The highest BCUT2D eigenvalue weighted by molar-refractivity contribution is 5.85. The van der Waals surface area contributed by atoms with Crippen LogP contribution in [0.4, 0.5) is 0 Å². The molecule has 4 rings (SSSR count). The number of aliphatic hydroxyl groups excluding tert-OH is 1. The van der Waals surface area contributed by atoms with Gasteiger partial charge in [0.2, 0.25) is 0 Å². The molecule has 3 nitrogen and oxygen atoms in total. The molecule has 0 radical (unpaired) electrons. The summed E-state index contributed by atoms with van der Waals surface area (Å²) in [6.45, 7) is 6.95. The fourth-order valence-corrected chi connectivity index (χ4v) is 7.40. The first kappa shape index (κ1) is 16.6. The Morgan fingerprint density at radius 1 is 1.12 bits per heavy atom. The number of rotatable bonds is 1. The lowest BCUT2D eigenvalue weighted by atomic mass is 9.47. The van der Waals surface area contributed by atoms with Gasteiger partial charge in [0.15, 0.2) is 0 Å². The topological polar surface area (TPSA) is 52.8 Å². The lowest BCUT2D eigenvalue weighted by molar-refractivity contribution is -0.0425. The average molecular weight is 332 g/mol. The van der Waals surface area contributed by atoms with E-state index in [4.69, 9.17) is 0 Å². The number of fused-ring (bicyclic) bond motifs is 5. The summed E-state index contributed by atoms with van der Waals surface area (Å²) >= 11 is 0. The maximum Gasteiger partial charge on any atom is 0.0577 e. The second-order valence-corrected chi connectivity index (χ2v) is 9.57. The molecular weight excluding hydrogens is 298 g/mol. The molecule has 0 aliphatic heterocycles. The first-order valence-corrected chi connectivity index (χ1v) is 9.96. The molecule has 0 heterocycles. The van der Waals surface area contributed by atoms with Crippen molar-refractivity contribution in [2.45, 2.75) is 78.2 Å². The van der Waals surface area contributed by atoms with Crippen LogP contribution < -0.4 is 0 Å². The molecule has 0 aromatic heterocycles. The van der Waals surface area contributed by atoms with Crippen molar-refractivity contribution >= 4 is 5.71 Å². The van der Waals surface area contributed by atoms with Crippen LogP contribution in [0.1, 0.15) is 72.1 Å². The second-order valence-electron chi connectivity index (χ2n) is 9.57. The number of nitrogens with zero attached hydrogens (tertiary/aromatic N) is 1. The molecule has 4 aliphatic rings. The van der Waals surface area contributed by atoms with Gasteiger partial charge in [-0.1, -0.05) is 30.7 Å². The van der Waals surface area contributed by atoms with Crippen molar-refractivity contribution in [3.63, 3.8) is 0 Å². The Labute approximate surface area is 146 Å². The zero-order valence-corrected chi connectivity index (χ0v) is 15.5. The van der Waals surface area contributed by atoms with Crippen molar-refractivity contribution in [1.29, 1.82) is 0 Å². The van der Waals surface area contributed by atoms with E-state index in [0.717, 1.165) is 42.7 Å². The predicted molar refractivity (Wildman–Crippen MR) is 96.1 cm³/mol. The molecule has 3 saturated carbocycles. The maximum absolute atomic E-state index is 10.1. The summed E-state index contributed by atoms with van der Waals surface area (Å²) in [5, 5.41) is 23.0. The number of aliphatic hydroxyl groups is 1. The van der Waals surface area contributed by atoms with E-state index in [-0.39, 0.29) is 6.10 Å². The van der Waals surface area contributed by atoms with Crippen molar-refractivity contribution in [1.82, 2.24) is 0 Å². The quantitative estimate of drug-likeness (QED) is 0.314. The Balaban J connectivity index is 1.65. The van der Waals surface area contributed by atoms with Crippen molar-refractivity contribution in [2.24, 2.45) is 39.7 Å². The Morgan fingerprint density at radius 2 is 1.92 bits per heavy atom. The summed E-state index contributed by atoms with van der Waals surface area (Å²) < 4.78 is 0. The van der Waals surface area contributed by atoms with Gasteiger partial charge in [-0.25, -0.2) is 0 Å². The van der Waals surface area contributed by atoms with Crippen LogP contribution in [0, 0.1) is 34.5 Å². The second kappa shape index (κ2) is 5.59. The predicted octanol–water partition coefficient (Wildman–Crippen LogP) is 4.78. The highest BCUT2D eigenvalue weighted by Gasteiger charge is 2.59. The Morgan fingerprint density at radius 3 is 2.67 bits per heavy atom. The largest absolute Gasteiger partial charge is 0.411 e. The average Bonchev–Trinajstić information content (AvgIpc) is 2.92. The molecule has 2 N–H and O–H groups in total. The van der Waals surface area contributed by atoms with Crippen molar-refractivity contribution in [3.05, 3.63) is 11.6 Å². The van der Waals surface area contributed by atoms with Gasteiger partial charge in [-0.05, 0) is 86.9 Å². The molecule has 0 amide bonds. The van der Waals surface area contributed by atoms with Gasteiger partial charge in [-0.3, -0.25) is 0 Å². The first-order chi connectivity index (χ1) is 11.4. The molecule has 0 bridgehead atoms. The van der Waals surface area contributed by atoms with Crippen LogP contribution >= 0.6 is 0 Å². The van der Waals surface area contributed by atoms with Crippen LogP contribution in [0.15, 0.2) is 16.8 Å². The molecule has 0 saturated heterocycles. The highest BCUT2D eigenvalue weighted by Crippen LogP contribution is 2.66. The van der Waals surface area contributed by atoms with Gasteiger partial charge in [0.1, 0.15) is 0 Å². The third kappa shape index (κ3) is 2.16. The Hall–Kier alpha value is -0.830. The smallest absolute Gasteiger partial charge is 0.0577 e. The molecule has 24 heavy (non-hydrogen) atoms. The summed E-state index contributed by atoms with van der Waals surface area (Å²) in [5.74, 6) is 2.79. The van der Waals surface area contributed by atoms with Crippen molar-refractivity contribution < 1.29 is 10.3 Å². The third-order valence-electron chi connectivity index (χ3n) is 8.74. The monoisotopic (exact) mass is 331 g/mol. The molecule has 0 aromatic carbocycles. The SMILES string of the molecule is C/C(=N\O)[C@H]1CCC2C3CC=C4C[C@@H](O)CC[C@]4(C)C3CC[C@@]21C. The van der Waals surface area contributed by atoms with Crippen molar-refractivity contribution in [3.8, 4) is 0 Å². The first-order valence-electron chi connectivity index (χ1n) is 9.96. The minimum absolute atomic E-state index is 0.117. The third-order valence-corrected chi connectivity index (χ3v) is 8.74. The number of allylic oxidation sites excluding steroid dienone is 1. The van der Waals surface area contributed by atoms with E-state index in [1.165, 1.54) is 32.1 Å². The summed E-state index contributed by atoms with van der Waals surface area (Å²) in [6, 6.07) is 0. The molecule has 3 heteroatoms. The van der Waals surface area contributed by atoms with E-state index in [1.54, 1.807) is 5.57 Å². The van der Waals surface area contributed by atoms with Crippen LogP contribution in [0.2, 0.25) is 0 Å². The van der Waals surface area contributed by atoms with Gasteiger partial charge < -0.3 is 10.3 Å². The maximum atomic E-state index is 10.1. The Kier molecular flexibility index (Phi) is 3.87. The highest BCUT2D eigenvalue weighted by atomic mass is 16.4. The lowest BCUT2D eigenvalue weighted by Gasteiger charge is -2.58. The van der Waals surface area contributed by atoms with E-state index in [1.807, 2.05) is 6.92 Å². The lowest BCUT2D eigenvalue weighted by Crippen LogP contribution is -2.50. The van der Waals surface area contributed by atoms with Gasteiger partial charge >= 0.3 is 0 Å². The fraction of sp³-hybridized carbons (Fsp3) is 0.857. The summed E-state index contributed by atoms with van der Waals surface area (Å²) in [4.78, 5) is 0. The summed E-state index contributed by atoms with van der Waals surface area (Å²) in [7, 11) is 0. The summed E-state index contributed by atoms with van der Waals surface area (Å²) in [5.41, 5.74) is 3.13. The van der Waals surface area contributed by atoms with Gasteiger partial charge in [-0.15, -0.1) is 0 Å². The molecule has 3 unspecified atom stereocenters. The van der Waals surface area contributed by atoms with Crippen LogP contribution in [0.5, 0.6) is 0 Å². The van der Waals surface area contributed by atoms with Gasteiger partial charge in [0, 0.05) is 5.92 Å². The minimum atomic E-state index is -0.117. The zero-order valence-electron chi connectivity index (χ0n) is 15.5. The van der Waals surface area contributed by atoms with Crippen molar-refractivity contribution in [2.75, 3.05) is 0 Å². The van der Waals surface area contributed by atoms with Crippen LogP contribution in [-0.2, 0) is 0 Å². The van der Waals surface area contributed by atoms with Crippen LogP contribution in [0.25, 0.3) is 0 Å². The zero-order chi connectivity index (χ0) is 17.1. The molecule has 134 valence electrons. The standard InChI is InChI=1S/C21H33NO2/c1-13(22-24)17-6-7-18-16-5-4-14-12-15(23)8-10-20(14,2)19(16)9-11-21(17,18)3/h4,15-19,23-24H,5-12H2,1-3H3/b22-13+/t15-,16?,17+,18?,19?,20-,21+/m0/s1. The molecule has 7 atom stereocenters.